The first-order chi connectivity index (χ1) is 12.7. The summed E-state index contributed by atoms with van der Waals surface area (Å²) < 4.78 is 18.9. The van der Waals surface area contributed by atoms with Crippen LogP contribution in [0.4, 0.5) is 9.18 Å². The number of rotatable bonds is 6. The average Bonchev–Trinajstić information content (AvgIpc) is 3.39. The normalized spacial score (nSPS) is 25.1. The van der Waals surface area contributed by atoms with E-state index in [0.717, 1.165) is 31.5 Å². The molecule has 2 fully saturated rings. The van der Waals surface area contributed by atoms with Gasteiger partial charge in [0.2, 0.25) is 0 Å². The van der Waals surface area contributed by atoms with E-state index in [-0.39, 0.29) is 35.0 Å². The Balaban J connectivity index is 1.47. The van der Waals surface area contributed by atoms with Crippen LogP contribution in [-0.4, -0.2) is 54.9 Å². The lowest BCUT2D eigenvalue weighted by atomic mass is 9.96. The lowest BCUT2D eigenvalue weighted by molar-refractivity contribution is -0.0947. The Morgan fingerprint density at radius 3 is 2.33 bits per heavy atom. The molecule has 1 heterocycles. The van der Waals surface area contributed by atoms with Crippen LogP contribution in [0, 0.1) is 5.82 Å². The highest BCUT2D eigenvalue weighted by molar-refractivity contribution is 5.74. The summed E-state index contributed by atoms with van der Waals surface area (Å²) in [4.78, 5) is 14.7. The molecule has 2 atom stereocenters. The molecule has 2 aliphatic rings. The van der Waals surface area contributed by atoms with Gasteiger partial charge in [0.1, 0.15) is 5.82 Å². The fraction of sp³-hybridized carbons (Fsp3) is 0.667. The van der Waals surface area contributed by atoms with E-state index in [1.807, 2.05) is 12.1 Å². The van der Waals surface area contributed by atoms with Crippen molar-refractivity contribution in [3.8, 4) is 0 Å². The number of carbonyl (C=O) groups is 1. The molecule has 5 nitrogen and oxygen atoms in total. The van der Waals surface area contributed by atoms with Crippen molar-refractivity contribution in [2.45, 2.75) is 63.7 Å². The molecule has 3 rings (SSSR count). The van der Waals surface area contributed by atoms with Gasteiger partial charge in [-0.1, -0.05) is 12.1 Å². The van der Waals surface area contributed by atoms with E-state index in [1.165, 1.54) is 12.1 Å². The Labute approximate surface area is 161 Å². The van der Waals surface area contributed by atoms with Crippen LogP contribution in [0.25, 0.3) is 0 Å². The average molecular weight is 378 g/mol. The molecule has 2 N–H and O–H groups in total. The standard InChI is InChI=1S/C21H32FN3O2/c1-15-11-25(12-16(2)27-15)20(3,4)13-23-19(26)24-14-21(9-10-21)17-5-7-18(22)8-6-17/h5-8,15-16H,9-14H2,1-4H3,(H2,23,24,26). The Morgan fingerprint density at radius 1 is 1.19 bits per heavy atom. The van der Waals surface area contributed by atoms with Crippen molar-refractivity contribution in [2.24, 2.45) is 0 Å². The van der Waals surface area contributed by atoms with Gasteiger partial charge in [-0.15, -0.1) is 0 Å². The lowest BCUT2D eigenvalue weighted by Gasteiger charge is -2.45. The Kier molecular flexibility index (Phi) is 5.77. The van der Waals surface area contributed by atoms with Crippen LogP contribution < -0.4 is 10.6 Å². The third kappa shape index (κ3) is 4.99. The zero-order valence-corrected chi connectivity index (χ0v) is 16.8. The zero-order chi connectivity index (χ0) is 19.7. The van der Waals surface area contributed by atoms with Crippen LogP contribution in [0.2, 0.25) is 0 Å². The van der Waals surface area contributed by atoms with E-state index in [0.29, 0.717) is 13.1 Å². The Morgan fingerprint density at radius 2 is 1.78 bits per heavy atom. The number of halogens is 1. The highest BCUT2D eigenvalue weighted by Gasteiger charge is 2.44. The molecule has 0 radical (unpaired) electrons. The number of urea groups is 1. The fourth-order valence-electron chi connectivity index (χ4n) is 3.91. The molecule has 1 aromatic carbocycles. The van der Waals surface area contributed by atoms with E-state index in [9.17, 15) is 9.18 Å². The number of hydrogen-bond donors (Lipinski definition) is 2. The predicted octanol–water partition coefficient (Wildman–Crippen LogP) is 3.04. The van der Waals surface area contributed by atoms with Crippen LogP contribution >= 0.6 is 0 Å². The van der Waals surface area contributed by atoms with Crippen molar-refractivity contribution in [2.75, 3.05) is 26.2 Å². The van der Waals surface area contributed by atoms with Crippen LogP contribution in [0.15, 0.2) is 24.3 Å². The predicted molar refractivity (Wildman–Crippen MR) is 104 cm³/mol. The summed E-state index contributed by atoms with van der Waals surface area (Å²) in [5.74, 6) is -0.228. The van der Waals surface area contributed by atoms with E-state index < -0.39 is 0 Å². The molecule has 0 bridgehead atoms. The number of nitrogens with zero attached hydrogens (tertiary/aromatic N) is 1. The summed E-state index contributed by atoms with van der Waals surface area (Å²) in [5, 5.41) is 6.02. The molecule has 1 saturated carbocycles. The molecule has 0 spiro atoms. The number of benzene rings is 1. The minimum absolute atomic E-state index is 0.0321. The summed E-state index contributed by atoms with van der Waals surface area (Å²) in [5.41, 5.74) is 0.925. The summed E-state index contributed by atoms with van der Waals surface area (Å²) in [6.07, 6.45) is 2.45. The summed E-state index contributed by atoms with van der Waals surface area (Å²) >= 11 is 0. The second-order valence-corrected chi connectivity index (χ2v) is 8.80. The maximum atomic E-state index is 13.1. The molecule has 1 aliphatic carbocycles. The summed E-state index contributed by atoms with van der Waals surface area (Å²) in [7, 11) is 0. The van der Waals surface area contributed by atoms with E-state index >= 15 is 0 Å². The summed E-state index contributed by atoms with van der Waals surface area (Å²) in [6.45, 7) is 11.4. The van der Waals surface area contributed by atoms with Crippen molar-refractivity contribution >= 4 is 6.03 Å². The van der Waals surface area contributed by atoms with Crippen molar-refractivity contribution in [3.05, 3.63) is 35.6 Å². The molecule has 27 heavy (non-hydrogen) atoms. The third-order valence-electron chi connectivity index (χ3n) is 5.85. The maximum Gasteiger partial charge on any atom is 0.314 e. The van der Waals surface area contributed by atoms with Gasteiger partial charge in [-0.3, -0.25) is 4.90 Å². The molecule has 1 saturated heterocycles. The van der Waals surface area contributed by atoms with Crippen LogP contribution in [0.1, 0.15) is 46.1 Å². The highest BCUT2D eigenvalue weighted by atomic mass is 19.1. The molecular formula is C21H32FN3O2. The van der Waals surface area contributed by atoms with E-state index in [4.69, 9.17) is 4.74 Å². The topological polar surface area (TPSA) is 53.6 Å². The molecule has 0 aromatic heterocycles. The lowest BCUT2D eigenvalue weighted by Crippen LogP contribution is -2.59. The molecule has 2 amide bonds. The van der Waals surface area contributed by atoms with Gasteiger partial charge in [0, 0.05) is 37.1 Å². The van der Waals surface area contributed by atoms with Gasteiger partial charge in [0.05, 0.1) is 12.2 Å². The quantitative estimate of drug-likeness (QED) is 0.801. The number of carbonyl (C=O) groups excluding carboxylic acids is 1. The second-order valence-electron chi connectivity index (χ2n) is 8.80. The number of ether oxygens (including phenoxy) is 1. The van der Waals surface area contributed by atoms with Gasteiger partial charge < -0.3 is 15.4 Å². The van der Waals surface area contributed by atoms with Gasteiger partial charge in [0.25, 0.3) is 0 Å². The van der Waals surface area contributed by atoms with Gasteiger partial charge in [-0.2, -0.15) is 0 Å². The second kappa shape index (κ2) is 7.76. The molecule has 6 heteroatoms. The minimum Gasteiger partial charge on any atom is -0.373 e. The molecule has 1 aliphatic heterocycles. The minimum atomic E-state index is -0.228. The van der Waals surface area contributed by atoms with Crippen molar-refractivity contribution in [1.82, 2.24) is 15.5 Å². The van der Waals surface area contributed by atoms with Crippen LogP contribution in [0.5, 0.6) is 0 Å². The fourth-order valence-corrected chi connectivity index (χ4v) is 3.91. The monoisotopic (exact) mass is 377 g/mol. The SMILES string of the molecule is CC1CN(C(C)(C)CNC(=O)NCC2(c3ccc(F)cc3)CC2)CC(C)O1. The first kappa shape index (κ1) is 20.1. The molecule has 150 valence electrons. The first-order valence-electron chi connectivity index (χ1n) is 9.88. The number of amides is 2. The van der Waals surface area contributed by atoms with Crippen molar-refractivity contribution < 1.29 is 13.9 Å². The van der Waals surface area contributed by atoms with Gasteiger partial charge in [0.15, 0.2) is 0 Å². The Bertz CT molecular complexity index is 648. The van der Waals surface area contributed by atoms with Gasteiger partial charge >= 0.3 is 6.03 Å². The Hall–Kier alpha value is -1.66. The van der Waals surface area contributed by atoms with Gasteiger partial charge in [-0.25, -0.2) is 9.18 Å². The smallest absolute Gasteiger partial charge is 0.314 e. The molecule has 1 aromatic rings. The van der Waals surface area contributed by atoms with Crippen LogP contribution in [0.3, 0.4) is 0 Å². The maximum absolute atomic E-state index is 13.1. The van der Waals surface area contributed by atoms with Crippen LogP contribution in [-0.2, 0) is 10.2 Å². The molecule has 2 unspecified atom stereocenters. The first-order valence-corrected chi connectivity index (χ1v) is 9.88. The van der Waals surface area contributed by atoms with E-state index in [2.05, 4.69) is 43.2 Å². The largest absolute Gasteiger partial charge is 0.373 e. The number of hydrogen-bond acceptors (Lipinski definition) is 3. The van der Waals surface area contributed by atoms with Crippen molar-refractivity contribution in [1.29, 1.82) is 0 Å². The molecular weight excluding hydrogens is 345 g/mol. The highest BCUT2D eigenvalue weighted by Crippen LogP contribution is 2.47. The zero-order valence-electron chi connectivity index (χ0n) is 16.8. The summed E-state index contributed by atoms with van der Waals surface area (Å²) in [6, 6.07) is 6.48. The van der Waals surface area contributed by atoms with E-state index in [1.54, 1.807) is 0 Å². The van der Waals surface area contributed by atoms with Gasteiger partial charge in [-0.05, 0) is 58.2 Å². The van der Waals surface area contributed by atoms with Crippen molar-refractivity contribution in [3.63, 3.8) is 0 Å². The third-order valence-corrected chi connectivity index (χ3v) is 5.85. The number of nitrogens with one attached hydrogen (secondary N) is 2. The number of morpholine rings is 1.